The third kappa shape index (κ3) is 5.41. The molecule has 2 N–H and O–H groups in total. The van der Waals surface area contributed by atoms with Crippen molar-refractivity contribution in [2.45, 2.75) is 39.7 Å². The van der Waals surface area contributed by atoms with Crippen LogP contribution in [0.2, 0.25) is 5.02 Å². The van der Waals surface area contributed by atoms with Gasteiger partial charge >= 0.3 is 5.97 Å². The summed E-state index contributed by atoms with van der Waals surface area (Å²) in [6.07, 6.45) is 1.43. The molecule has 0 bridgehead atoms. The summed E-state index contributed by atoms with van der Waals surface area (Å²) in [5.41, 5.74) is 0.868. The second kappa shape index (κ2) is 6.10. The molecule has 0 fully saturated rings. The van der Waals surface area contributed by atoms with E-state index in [4.69, 9.17) is 11.6 Å². The monoisotopic (exact) mass is 269 g/mol. The Labute approximate surface area is 113 Å². The molecule has 4 heteroatoms. The van der Waals surface area contributed by atoms with E-state index in [2.05, 4.69) is 26.1 Å². The Bertz CT molecular complexity index is 413. The third-order valence-corrected chi connectivity index (χ3v) is 2.88. The Balaban J connectivity index is 2.66. The van der Waals surface area contributed by atoms with Gasteiger partial charge in [0.05, 0.1) is 0 Å². The molecule has 1 aromatic carbocycles. The van der Waals surface area contributed by atoms with Crippen molar-refractivity contribution in [3.8, 4) is 0 Å². The predicted octanol–water partition coefficient (Wildman–Crippen LogP) is 4.03. The minimum Gasteiger partial charge on any atom is -0.480 e. The Hall–Kier alpha value is -1.22. The van der Waals surface area contributed by atoms with E-state index in [0.717, 1.165) is 12.1 Å². The molecule has 0 aliphatic carbocycles. The molecule has 0 unspecified atom stereocenters. The molecule has 3 nitrogen and oxygen atoms in total. The van der Waals surface area contributed by atoms with Crippen molar-refractivity contribution < 1.29 is 9.90 Å². The highest BCUT2D eigenvalue weighted by atomic mass is 35.5. The van der Waals surface area contributed by atoms with Crippen LogP contribution in [-0.2, 0) is 4.79 Å². The summed E-state index contributed by atoms with van der Waals surface area (Å²) >= 11 is 5.87. The number of rotatable bonds is 5. The topological polar surface area (TPSA) is 49.3 Å². The Morgan fingerprint density at radius 2 is 2.11 bits per heavy atom. The first kappa shape index (κ1) is 14.8. The van der Waals surface area contributed by atoms with Gasteiger partial charge in [-0.1, -0.05) is 38.4 Å². The first-order chi connectivity index (χ1) is 8.28. The molecular weight excluding hydrogens is 250 g/mol. The highest BCUT2D eigenvalue weighted by Gasteiger charge is 2.20. The lowest BCUT2D eigenvalue weighted by atomic mass is 9.88. The van der Waals surface area contributed by atoms with E-state index in [-0.39, 0.29) is 5.41 Å². The van der Waals surface area contributed by atoms with Crippen molar-refractivity contribution in [2.75, 3.05) is 5.32 Å². The van der Waals surface area contributed by atoms with E-state index < -0.39 is 12.0 Å². The lowest BCUT2D eigenvalue weighted by molar-refractivity contribution is -0.138. The number of hydrogen-bond acceptors (Lipinski definition) is 2. The number of carbonyl (C=O) groups is 1. The lowest BCUT2D eigenvalue weighted by Gasteiger charge is -2.22. The average molecular weight is 270 g/mol. The molecule has 0 saturated carbocycles. The van der Waals surface area contributed by atoms with Crippen LogP contribution in [0.1, 0.15) is 33.6 Å². The summed E-state index contributed by atoms with van der Waals surface area (Å²) in [7, 11) is 0. The zero-order valence-electron chi connectivity index (χ0n) is 11.0. The molecule has 0 heterocycles. The van der Waals surface area contributed by atoms with Crippen LogP contribution in [-0.4, -0.2) is 17.1 Å². The van der Waals surface area contributed by atoms with Gasteiger partial charge in [0.15, 0.2) is 0 Å². The van der Waals surface area contributed by atoms with Crippen LogP contribution in [0.25, 0.3) is 0 Å². The van der Waals surface area contributed by atoms with Gasteiger partial charge in [-0.2, -0.15) is 0 Å². The van der Waals surface area contributed by atoms with Crippen LogP contribution in [0.3, 0.4) is 0 Å². The molecule has 0 spiro atoms. The number of anilines is 1. The van der Waals surface area contributed by atoms with E-state index in [0.29, 0.717) is 11.4 Å². The average Bonchev–Trinajstić information content (AvgIpc) is 2.22. The molecule has 100 valence electrons. The van der Waals surface area contributed by atoms with Crippen molar-refractivity contribution in [3.05, 3.63) is 29.3 Å². The van der Waals surface area contributed by atoms with Gasteiger partial charge in [-0.05, 0) is 36.5 Å². The number of halogens is 1. The summed E-state index contributed by atoms with van der Waals surface area (Å²) in [6.45, 7) is 6.31. The second-order valence-corrected chi connectivity index (χ2v) is 6.08. The zero-order valence-corrected chi connectivity index (χ0v) is 11.8. The van der Waals surface area contributed by atoms with Crippen LogP contribution >= 0.6 is 11.6 Å². The van der Waals surface area contributed by atoms with E-state index in [1.807, 2.05) is 6.07 Å². The summed E-state index contributed by atoms with van der Waals surface area (Å²) in [4.78, 5) is 11.2. The van der Waals surface area contributed by atoms with Gasteiger partial charge < -0.3 is 10.4 Å². The number of carboxylic acid groups (broad SMARTS) is 1. The van der Waals surface area contributed by atoms with Gasteiger partial charge in [-0.15, -0.1) is 0 Å². The SMILES string of the molecule is CC(C)(C)CC[C@H](Nc1cccc(Cl)c1)C(=O)O. The molecule has 0 aliphatic rings. The largest absolute Gasteiger partial charge is 0.480 e. The zero-order chi connectivity index (χ0) is 13.8. The van der Waals surface area contributed by atoms with Crippen LogP contribution in [0.15, 0.2) is 24.3 Å². The second-order valence-electron chi connectivity index (χ2n) is 5.64. The van der Waals surface area contributed by atoms with Gasteiger partial charge in [0.1, 0.15) is 6.04 Å². The molecule has 1 rings (SSSR count). The van der Waals surface area contributed by atoms with Crippen molar-refractivity contribution >= 4 is 23.3 Å². The molecule has 18 heavy (non-hydrogen) atoms. The number of carboxylic acids is 1. The molecule has 0 aromatic heterocycles. The van der Waals surface area contributed by atoms with Crippen molar-refractivity contribution in [1.29, 1.82) is 0 Å². The molecule has 1 atom stereocenters. The lowest BCUT2D eigenvalue weighted by Crippen LogP contribution is -2.30. The van der Waals surface area contributed by atoms with Crippen LogP contribution in [0, 0.1) is 5.41 Å². The number of aliphatic carboxylic acids is 1. The van der Waals surface area contributed by atoms with Gasteiger partial charge in [0.25, 0.3) is 0 Å². The molecule has 1 aromatic rings. The number of benzene rings is 1. The standard InChI is InChI=1S/C14H20ClNO2/c1-14(2,3)8-7-12(13(17)18)16-11-6-4-5-10(15)9-11/h4-6,9,12,16H,7-8H2,1-3H3,(H,17,18)/t12-/m0/s1. The summed E-state index contributed by atoms with van der Waals surface area (Å²) in [5.74, 6) is -0.834. The van der Waals surface area contributed by atoms with Crippen molar-refractivity contribution in [1.82, 2.24) is 0 Å². The van der Waals surface area contributed by atoms with Crippen molar-refractivity contribution in [3.63, 3.8) is 0 Å². The maximum atomic E-state index is 11.2. The van der Waals surface area contributed by atoms with Gasteiger partial charge in [0, 0.05) is 10.7 Å². The fraction of sp³-hybridized carbons (Fsp3) is 0.500. The summed E-state index contributed by atoms with van der Waals surface area (Å²) in [5, 5.41) is 12.8. The molecule has 0 amide bonds. The molecular formula is C14H20ClNO2. The number of hydrogen-bond donors (Lipinski definition) is 2. The Kier molecular flexibility index (Phi) is 5.03. The van der Waals surface area contributed by atoms with Gasteiger partial charge in [0.2, 0.25) is 0 Å². The maximum absolute atomic E-state index is 11.2. The normalized spacial score (nSPS) is 13.1. The van der Waals surface area contributed by atoms with E-state index >= 15 is 0 Å². The highest BCUT2D eigenvalue weighted by molar-refractivity contribution is 6.30. The first-order valence-corrected chi connectivity index (χ1v) is 6.41. The third-order valence-electron chi connectivity index (χ3n) is 2.65. The van der Waals surface area contributed by atoms with E-state index in [9.17, 15) is 9.90 Å². The van der Waals surface area contributed by atoms with Crippen LogP contribution in [0.5, 0.6) is 0 Å². The minimum absolute atomic E-state index is 0.129. The van der Waals surface area contributed by atoms with Crippen LogP contribution in [0.4, 0.5) is 5.69 Å². The maximum Gasteiger partial charge on any atom is 0.326 e. The summed E-state index contributed by atoms with van der Waals surface area (Å²) < 4.78 is 0. The van der Waals surface area contributed by atoms with E-state index in [1.54, 1.807) is 18.2 Å². The molecule has 0 aliphatic heterocycles. The van der Waals surface area contributed by atoms with Gasteiger partial charge in [-0.3, -0.25) is 0 Å². The highest BCUT2D eigenvalue weighted by Crippen LogP contribution is 2.23. The van der Waals surface area contributed by atoms with Crippen LogP contribution < -0.4 is 5.32 Å². The quantitative estimate of drug-likeness (QED) is 0.848. The van der Waals surface area contributed by atoms with E-state index in [1.165, 1.54) is 0 Å². The fourth-order valence-electron chi connectivity index (χ4n) is 1.61. The fourth-order valence-corrected chi connectivity index (χ4v) is 1.80. The Morgan fingerprint density at radius 3 is 2.61 bits per heavy atom. The first-order valence-electron chi connectivity index (χ1n) is 6.03. The Morgan fingerprint density at radius 1 is 1.44 bits per heavy atom. The molecule has 0 radical (unpaired) electrons. The minimum atomic E-state index is -0.834. The molecule has 0 saturated heterocycles. The number of nitrogens with one attached hydrogen (secondary N) is 1. The summed E-state index contributed by atoms with van der Waals surface area (Å²) in [6, 6.07) is 6.53. The predicted molar refractivity (Wildman–Crippen MR) is 75.2 cm³/mol. The smallest absolute Gasteiger partial charge is 0.326 e. The van der Waals surface area contributed by atoms with Crippen molar-refractivity contribution in [2.24, 2.45) is 5.41 Å². The van der Waals surface area contributed by atoms with Gasteiger partial charge in [-0.25, -0.2) is 4.79 Å².